The molecule has 1 N–H and O–H groups in total. The Labute approximate surface area is 120 Å². The maximum absolute atomic E-state index is 11.6. The molecule has 0 aromatic heterocycles. The van der Waals surface area contributed by atoms with E-state index >= 15 is 0 Å². The Balaban J connectivity index is 0. The molecule has 0 heterocycles. The van der Waals surface area contributed by atoms with E-state index in [9.17, 15) is 9.13 Å². The summed E-state index contributed by atoms with van der Waals surface area (Å²) in [5, 5.41) is 0. The van der Waals surface area contributed by atoms with Crippen LogP contribution in [0.15, 0.2) is 4.88 Å². The molecule has 0 fully saturated rings. The van der Waals surface area contributed by atoms with Crippen molar-refractivity contribution in [2.24, 2.45) is 4.88 Å². The van der Waals surface area contributed by atoms with Gasteiger partial charge in [-0.25, -0.2) is 18.7 Å². The summed E-state index contributed by atoms with van der Waals surface area (Å²) in [6.07, 6.45) is 0. The summed E-state index contributed by atoms with van der Waals surface area (Å²) >= 11 is 0. The van der Waals surface area contributed by atoms with Gasteiger partial charge >= 0.3 is 15.3 Å². The molecule has 0 saturated carbocycles. The topological polar surface area (TPSA) is 116 Å². The lowest BCUT2D eigenvalue weighted by atomic mass is 11.3. The predicted molar refractivity (Wildman–Crippen MR) is 81.3 cm³/mol. The first-order chi connectivity index (χ1) is 8.83. The third kappa shape index (κ3) is 6.35. The Morgan fingerprint density at radius 2 is 1.15 bits per heavy atom. The largest absolute Gasteiger partial charge is 0.342 e. The summed E-state index contributed by atoms with van der Waals surface area (Å²) in [7, 11) is 6.55. The quantitative estimate of drug-likeness (QED) is 0.353. The Morgan fingerprint density at radius 3 is 1.20 bits per heavy atom. The van der Waals surface area contributed by atoms with Crippen LogP contribution in [0.3, 0.4) is 0 Å². The van der Waals surface area contributed by atoms with Gasteiger partial charge in [0.1, 0.15) is 0 Å². The molecule has 0 bridgehead atoms. The third-order valence-electron chi connectivity index (χ3n) is 2.24. The van der Waals surface area contributed by atoms with E-state index in [1.807, 2.05) is 0 Å². The minimum absolute atomic E-state index is 1.30. The fourth-order valence-corrected chi connectivity index (χ4v) is 2.78. The molecular formula is C8H25N7O3P2. The normalized spacial score (nSPS) is 12.4. The summed E-state index contributed by atoms with van der Waals surface area (Å²) in [6, 6.07) is 0. The standard InChI is InChI=1S/C4H12N5OP.C4H13N2O2P/c1-8(2)11(10,7-6-5)9(3)4;1-5(2)9(7,8)6(3)4/h1-4H3;1-4H3,(H,7,8). The maximum atomic E-state index is 11.6. The van der Waals surface area contributed by atoms with Gasteiger partial charge in [0, 0.05) is 9.80 Å². The number of hydrogen-bond donors (Lipinski definition) is 1. The van der Waals surface area contributed by atoms with E-state index in [1.165, 1.54) is 18.7 Å². The lowest BCUT2D eigenvalue weighted by Crippen LogP contribution is -2.19. The molecule has 0 atom stereocenters. The highest BCUT2D eigenvalue weighted by molar-refractivity contribution is 7.57. The first-order valence-electron chi connectivity index (χ1n) is 5.54. The molecular weight excluding hydrogens is 304 g/mol. The molecule has 0 saturated heterocycles. The van der Waals surface area contributed by atoms with E-state index in [1.54, 1.807) is 56.4 Å². The average molecular weight is 329 g/mol. The lowest BCUT2D eigenvalue weighted by molar-refractivity contribution is 0.347. The molecule has 10 nitrogen and oxygen atoms in total. The zero-order valence-electron chi connectivity index (χ0n) is 13.3. The van der Waals surface area contributed by atoms with Gasteiger partial charge < -0.3 is 4.89 Å². The van der Waals surface area contributed by atoms with Gasteiger partial charge in [0.2, 0.25) is 0 Å². The monoisotopic (exact) mass is 329 g/mol. The van der Waals surface area contributed by atoms with Crippen molar-refractivity contribution in [3.8, 4) is 0 Å². The summed E-state index contributed by atoms with van der Waals surface area (Å²) in [5.74, 6) is 0. The minimum atomic E-state index is -3.17. The predicted octanol–water partition coefficient (Wildman–Crippen LogP) is 1.74. The van der Waals surface area contributed by atoms with Crippen LogP contribution < -0.4 is 0 Å². The number of nitrogens with zero attached hydrogens (tertiary/aromatic N) is 7. The van der Waals surface area contributed by atoms with Gasteiger partial charge in [0.15, 0.2) is 0 Å². The van der Waals surface area contributed by atoms with Crippen molar-refractivity contribution in [1.29, 1.82) is 0 Å². The number of azide groups is 1. The van der Waals surface area contributed by atoms with Gasteiger partial charge in [0.05, 0.1) is 0 Å². The van der Waals surface area contributed by atoms with Crippen LogP contribution in [-0.2, 0) is 9.13 Å². The van der Waals surface area contributed by atoms with Crippen molar-refractivity contribution in [3.63, 3.8) is 0 Å². The van der Waals surface area contributed by atoms with Crippen molar-refractivity contribution >= 4 is 15.3 Å². The Hall–Kier alpha value is -0.430. The Bertz CT molecular complexity index is 408. The highest BCUT2D eigenvalue weighted by atomic mass is 31.2. The molecule has 0 radical (unpaired) electrons. The maximum Gasteiger partial charge on any atom is 0.342 e. The van der Waals surface area contributed by atoms with Crippen LogP contribution in [0.5, 0.6) is 0 Å². The molecule has 0 spiro atoms. The van der Waals surface area contributed by atoms with Crippen molar-refractivity contribution in [1.82, 2.24) is 18.7 Å². The summed E-state index contributed by atoms with van der Waals surface area (Å²) < 4.78 is 28.1. The fraction of sp³-hybridized carbons (Fsp3) is 1.00. The Morgan fingerprint density at radius 1 is 0.850 bits per heavy atom. The molecule has 0 aliphatic heterocycles. The van der Waals surface area contributed by atoms with E-state index in [2.05, 4.69) is 9.80 Å². The molecule has 20 heavy (non-hydrogen) atoms. The van der Waals surface area contributed by atoms with Crippen molar-refractivity contribution in [3.05, 3.63) is 10.4 Å². The zero-order valence-corrected chi connectivity index (χ0v) is 15.1. The average Bonchev–Trinajstić information content (AvgIpc) is 2.28. The second-order valence-electron chi connectivity index (χ2n) is 4.59. The van der Waals surface area contributed by atoms with Gasteiger partial charge in [-0.2, -0.15) is 0 Å². The summed E-state index contributed by atoms with van der Waals surface area (Å²) in [4.78, 5) is 14.8. The van der Waals surface area contributed by atoms with Crippen LogP contribution in [0.2, 0.25) is 0 Å². The smallest absolute Gasteiger partial charge is 0.322 e. The van der Waals surface area contributed by atoms with Crippen molar-refractivity contribution < 1.29 is 14.0 Å². The molecule has 0 amide bonds. The summed E-state index contributed by atoms with van der Waals surface area (Å²) in [5.41, 5.74) is 8.13. The highest BCUT2D eigenvalue weighted by Gasteiger charge is 2.25. The molecule has 0 aromatic rings. The van der Waals surface area contributed by atoms with E-state index in [-0.39, 0.29) is 0 Å². The molecule has 0 unspecified atom stereocenters. The molecule has 0 aliphatic carbocycles. The Kier molecular flexibility index (Phi) is 9.58. The molecule has 0 rings (SSSR count). The van der Waals surface area contributed by atoms with E-state index in [0.717, 1.165) is 0 Å². The molecule has 0 aliphatic rings. The van der Waals surface area contributed by atoms with Gasteiger partial charge in [-0.05, 0) is 61.9 Å². The van der Waals surface area contributed by atoms with Gasteiger partial charge in [-0.1, -0.05) is 0 Å². The minimum Gasteiger partial charge on any atom is -0.322 e. The van der Waals surface area contributed by atoms with Crippen LogP contribution in [0.4, 0.5) is 0 Å². The highest BCUT2D eigenvalue weighted by Crippen LogP contribution is 2.50. The van der Waals surface area contributed by atoms with Crippen LogP contribution in [0, 0.1) is 0 Å². The fourth-order valence-electron chi connectivity index (χ4n) is 0.928. The summed E-state index contributed by atoms with van der Waals surface area (Å²) in [6.45, 7) is 0. The number of rotatable bonds is 5. The van der Waals surface area contributed by atoms with E-state index in [4.69, 9.17) is 10.4 Å². The lowest BCUT2D eigenvalue weighted by Gasteiger charge is -2.25. The van der Waals surface area contributed by atoms with Crippen LogP contribution in [0.25, 0.3) is 10.4 Å². The SMILES string of the molecule is CN(C)P(=O)(N=[N+]=[N-])N(C)C.CN(C)P(=O)(O)N(C)C. The van der Waals surface area contributed by atoms with E-state index in [0.29, 0.717) is 0 Å². The van der Waals surface area contributed by atoms with Crippen molar-refractivity contribution in [2.75, 3.05) is 56.4 Å². The van der Waals surface area contributed by atoms with Crippen LogP contribution >= 0.6 is 15.3 Å². The first-order valence-corrected chi connectivity index (χ1v) is 8.67. The van der Waals surface area contributed by atoms with Gasteiger partial charge in [0.25, 0.3) is 0 Å². The second kappa shape index (κ2) is 8.77. The molecule has 0 aromatic carbocycles. The first kappa shape index (κ1) is 21.9. The molecule has 12 heteroatoms. The molecule has 120 valence electrons. The zero-order chi connectivity index (χ0) is 16.7. The van der Waals surface area contributed by atoms with Crippen LogP contribution in [-0.4, -0.2) is 80.0 Å². The van der Waals surface area contributed by atoms with Crippen LogP contribution in [0.1, 0.15) is 0 Å². The second-order valence-corrected chi connectivity index (χ2v) is 10.0. The number of hydrogen-bond acceptors (Lipinski definition) is 2. The van der Waals surface area contributed by atoms with Crippen molar-refractivity contribution in [2.45, 2.75) is 0 Å². The van der Waals surface area contributed by atoms with Gasteiger partial charge in [-0.15, -0.1) is 0 Å². The third-order valence-corrected chi connectivity index (χ3v) is 6.72. The van der Waals surface area contributed by atoms with Gasteiger partial charge in [-0.3, -0.25) is 9.13 Å². The van der Waals surface area contributed by atoms with E-state index < -0.39 is 15.3 Å².